The van der Waals surface area contributed by atoms with E-state index >= 15 is 0 Å². The molecule has 1 aliphatic rings. The van der Waals surface area contributed by atoms with Crippen LogP contribution in [0.5, 0.6) is 0 Å². The summed E-state index contributed by atoms with van der Waals surface area (Å²) in [6.45, 7) is 5.85. The zero-order valence-electron chi connectivity index (χ0n) is 10.6. The monoisotopic (exact) mass is 239 g/mol. The van der Waals surface area contributed by atoms with E-state index in [2.05, 4.69) is 28.9 Å². The molecule has 0 aliphatic carbocycles. The summed E-state index contributed by atoms with van der Waals surface area (Å²) in [6, 6.07) is 0.100. The van der Waals surface area contributed by atoms with Crippen molar-refractivity contribution in [3.8, 4) is 0 Å². The Bertz CT molecular complexity index is 353. The van der Waals surface area contributed by atoms with Crippen LogP contribution in [0.3, 0.4) is 0 Å². The first-order chi connectivity index (χ1) is 8.20. The topological polar surface area (TPSA) is 62.4 Å². The van der Waals surface area contributed by atoms with Gasteiger partial charge in [-0.2, -0.15) is 4.98 Å². The normalized spacial score (nSPS) is 23.8. The second kappa shape index (κ2) is 5.60. The highest BCUT2D eigenvalue weighted by atomic mass is 16.5. The first kappa shape index (κ1) is 12.5. The van der Waals surface area contributed by atoms with Gasteiger partial charge in [-0.15, -0.1) is 0 Å². The van der Waals surface area contributed by atoms with Crippen molar-refractivity contribution >= 4 is 0 Å². The smallest absolute Gasteiger partial charge is 0.243 e. The van der Waals surface area contributed by atoms with E-state index in [1.54, 1.807) is 0 Å². The molecule has 0 radical (unpaired) electrons. The van der Waals surface area contributed by atoms with E-state index in [1.165, 1.54) is 0 Å². The molecule has 1 fully saturated rings. The molecule has 1 N–H and O–H groups in total. The zero-order chi connectivity index (χ0) is 12.3. The Labute approximate surface area is 102 Å². The van der Waals surface area contributed by atoms with E-state index in [-0.39, 0.29) is 12.1 Å². The fourth-order valence-electron chi connectivity index (χ4n) is 2.25. The molecule has 0 amide bonds. The standard InChI is InChI=1S/C12H21N3O2/c1-3-5-11-13-12(17-14-11)9(2)15-7-4-6-10(16)8-15/h9-10,16H,3-8H2,1-2H3/t9-,10-/m1/s1. The number of likely N-dealkylation sites (tertiary alicyclic amines) is 1. The maximum atomic E-state index is 9.66. The Kier molecular flexibility index (Phi) is 4.12. The highest BCUT2D eigenvalue weighted by molar-refractivity contribution is 4.93. The minimum Gasteiger partial charge on any atom is -0.392 e. The summed E-state index contributed by atoms with van der Waals surface area (Å²) in [5.74, 6) is 1.45. The summed E-state index contributed by atoms with van der Waals surface area (Å²) in [5.41, 5.74) is 0. The minimum atomic E-state index is -0.218. The largest absolute Gasteiger partial charge is 0.392 e. The number of hydrogen-bond donors (Lipinski definition) is 1. The predicted octanol–water partition coefficient (Wildman–Crippen LogP) is 1.54. The number of nitrogens with zero attached hydrogens (tertiary/aromatic N) is 3. The predicted molar refractivity (Wildman–Crippen MR) is 63.5 cm³/mol. The first-order valence-electron chi connectivity index (χ1n) is 6.45. The number of piperidine rings is 1. The molecule has 0 aromatic carbocycles. The first-order valence-corrected chi connectivity index (χ1v) is 6.45. The molecule has 2 atom stereocenters. The molecule has 1 aliphatic heterocycles. The van der Waals surface area contributed by atoms with Crippen molar-refractivity contribution in [1.29, 1.82) is 0 Å². The SMILES string of the molecule is CCCc1noc([C@@H](C)N2CCC[C@@H](O)C2)n1. The Morgan fingerprint density at radius 3 is 3.12 bits per heavy atom. The lowest BCUT2D eigenvalue weighted by atomic mass is 10.1. The molecular weight excluding hydrogens is 218 g/mol. The van der Waals surface area contributed by atoms with Gasteiger partial charge in [-0.3, -0.25) is 4.90 Å². The Balaban J connectivity index is 1.99. The molecule has 96 valence electrons. The van der Waals surface area contributed by atoms with Crippen LogP contribution in [0, 0.1) is 0 Å². The zero-order valence-corrected chi connectivity index (χ0v) is 10.6. The molecule has 0 spiro atoms. The Morgan fingerprint density at radius 2 is 2.41 bits per heavy atom. The average molecular weight is 239 g/mol. The summed E-state index contributed by atoms with van der Waals surface area (Å²) >= 11 is 0. The summed E-state index contributed by atoms with van der Waals surface area (Å²) < 4.78 is 5.28. The summed E-state index contributed by atoms with van der Waals surface area (Å²) in [7, 11) is 0. The molecule has 1 aromatic heterocycles. The molecule has 0 saturated carbocycles. The lowest BCUT2D eigenvalue weighted by molar-refractivity contribution is 0.0422. The molecule has 1 saturated heterocycles. The Morgan fingerprint density at radius 1 is 1.59 bits per heavy atom. The number of rotatable bonds is 4. The van der Waals surface area contributed by atoms with Gasteiger partial charge in [0.05, 0.1) is 12.1 Å². The maximum absolute atomic E-state index is 9.66. The maximum Gasteiger partial charge on any atom is 0.243 e. The third kappa shape index (κ3) is 3.04. The average Bonchev–Trinajstić information content (AvgIpc) is 2.77. The van der Waals surface area contributed by atoms with Crippen LogP contribution in [0.15, 0.2) is 4.52 Å². The molecule has 5 nitrogen and oxygen atoms in total. The van der Waals surface area contributed by atoms with Gasteiger partial charge < -0.3 is 9.63 Å². The van der Waals surface area contributed by atoms with E-state index in [0.29, 0.717) is 12.4 Å². The fourth-order valence-corrected chi connectivity index (χ4v) is 2.25. The molecule has 2 heterocycles. The molecule has 1 aromatic rings. The van der Waals surface area contributed by atoms with Gasteiger partial charge in [0.1, 0.15) is 0 Å². The van der Waals surface area contributed by atoms with Crippen LogP contribution < -0.4 is 0 Å². The van der Waals surface area contributed by atoms with Gasteiger partial charge in [0.25, 0.3) is 0 Å². The number of aryl methyl sites for hydroxylation is 1. The van der Waals surface area contributed by atoms with Crippen molar-refractivity contribution in [3.05, 3.63) is 11.7 Å². The van der Waals surface area contributed by atoms with Gasteiger partial charge in [0.15, 0.2) is 5.82 Å². The van der Waals surface area contributed by atoms with Crippen LogP contribution in [0.4, 0.5) is 0 Å². The lowest BCUT2D eigenvalue weighted by Gasteiger charge is -2.32. The van der Waals surface area contributed by atoms with Gasteiger partial charge in [0, 0.05) is 13.0 Å². The van der Waals surface area contributed by atoms with Gasteiger partial charge in [-0.25, -0.2) is 0 Å². The van der Waals surface area contributed by atoms with E-state index < -0.39 is 0 Å². The van der Waals surface area contributed by atoms with Crippen molar-refractivity contribution in [1.82, 2.24) is 15.0 Å². The van der Waals surface area contributed by atoms with Crippen molar-refractivity contribution < 1.29 is 9.63 Å². The third-order valence-corrected chi connectivity index (χ3v) is 3.29. The number of aliphatic hydroxyl groups excluding tert-OH is 1. The van der Waals surface area contributed by atoms with Crippen LogP contribution >= 0.6 is 0 Å². The summed E-state index contributed by atoms with van der Waals surface area (Å²) in [5, 5.41) is 13.6. The number of β-amino-alcohol motifs (C(OH)–C–C–N with tert-alkyl or cyclic N) is 1. The van der Waals surface area contributed by atoms with Gasteiger partial charge >= 0.3 is 0 Å². The molecule has 5 heteroatoms. The van der Waals surface area contributed by atoms with E-state index in [0.717, 1.165) is 38.1 Å². The van der Waals surface area contributed by atoms with Crippen molar-refractivity contribution in [2.24, 2.45) is 0 Å². The second-order valence-corrected chi connectivity index (χ2v) is 4.77. The van der Waals surface area contributed by atoms with Crippen molar-refractivity contribution in [2.45, 2.75) is 51.7 Å². The van der Waals surface area contributed by atoms with Crippen LogP contribution in [0.2, 0.25) is 0 Å². The minimum absolute atomic E-state index is 0.100. The Hall–Kier alpha value is -0.940. The number of hydrogen-bond acceptors (Lipinski definition) is 5. The molecule has 2 rings (SSSR count). The number of aliphatic hydroxyl groups is 1. The van der Waals surface area contributed by atoms with Crippen LogP contribution in [-0.4, -0.2) is 39.3 Å². The van der Waals surface area contributed by atoms with E-state index in [9.17, 15) is 5.11 Å². The van der Waals surface area contributed by atoms with Gasteiger partial charge in [-0.1, -0.05) is 12.1 Å². The molecule has 0 bridgehead atoms. The van der Waals surface area contributed by atoms with Crippen molar-refractivity contribution in [2.75, 3.05) is 13.1 Å². The third-order valence-electron chi connectivity index (χ3n) is 3.29. The fraction of sp³-hybridized carbons (Fsp3) is 0.833. The highest BCUT2D eigenvalue weighted by Gasteiger charge is 2.26. The van der Waals surface area contributed by atoms with Gasteiger partial charge in [0.2, 0.25) is 5.89 Å². The number of aromatic nitrogens is 2. The summed E-state index contributed by atoms with van der Waals surface area (Å²) in [4.78, 5) is 6.60. The van der Waals surface area contributed by atoms with Crippen LogP contribution in [0.25, 0.3) is 0 Å². The summed E-state index contributed by atoms with van der Waals surface area (Å²) in [6.07, 6.45) is 3.59. The van der Waals surface area contributed by atoms with Gasteiger partial charge in [-0.05, 0) is 32.7 Å². The molecule has 0 unspecified atom stereocenters. The lowest BCUT2D eigenvalue weighted by Crippen LogP contribution is -2.39. The molecular formula is C12H21N3O2. The second-order valence-electron chi connectivity index (χ2n) is 4.77. The van der Waals surface area contributed by atoms with Crippen molar-refractivity contribution in [3.63, 3.8) is 0 Å². The van der Waals surface area contributed by atoms with Crippen LogP contribution in [0.1, 0.15) is 50.9 Å². The van der Waals surface area contributed by atoms with E-state index in [4.69, 9.17) is 4.52 Å². The quantitative estimate of drug-likeness (QED) is 0.863. The van der Waals surface area contributed by atoms with Crippen LogP contribution in [-0.2, 0) is 6.42 Å². The molecule has 17 heavy (non-hydrogen) atoms. The van der Waals surface area contributed by atoms with E-state index in [1.807, 2.05) is 0 Å². The highest BCUT2D eigenvalue weighted by Crippen LogP contribution is 2.23.